The molecule has 90 valence electrons. The van der Waals surface area contributed by atoms with E-state index in [2.05, 4.69) is 26.6 Å². The van der Waals surface area contributed by atoms with Crippen molar-refractivity contribution in [2.75, 3.05) is 6.54 Å². The molecule has 1 nitrogen and oxygen atoms in total. The lowest BCUT2D eigenvalue weighted by atomic mass is 10.0. The summed E-state index contributed by atoms with van der Waals surface area (Å²) in [6, 6.07) is 7.16. The fourth-order valence-electron chi connectivity index (χ4n) is 1.79. The molecule has 0 fully saturated rings. The van der Waals surface area contributed by atoms with Crippen LogP contribution in [-0.2, 0) is 0 Å². The molecule has 1 atom stereocenters. The van der Waals surface area contributed by atoms with E-state index >= 15 is 0 Å². The lowest BCUT2D eigenvalue weighted by molar-refractivity contribution is 0.559. The molecule has 0 saturated heterocycles. The summed E-state index contributed by atoms with van der Waals surface area (Å²) >= 11 is 4.90. The molecule has 0 spiro atoms. The number of thiophene rings is 1. The second kappa shape index (κ2) is 5.76. The Balaban J connectivity index is 2.39. The summed E-state index contributed by atoms with van der Waals surface area (Å²) in [7, 11) is 0. The largest absolute Gasteiger partial charge is 0.306 e. The lowest BCUT2D eigenvalue weighted by Gasteiger charge is -2.18. The van der Waals surface area contributed by atoms with Crippen molar-refractivity contribution in [3.05, 3.63) is 56.4 Å². The standard InChI is InChI=1S/C13H13BrFNS/c1-2-16-13(9-5-6-17-8-9)11-4-3-10(14)7-12(11)15/h3-8,13,16H,2H2,1H3. The van der Waals surface area contributed by atoms with Gasteiger partial charge in [0.2, 0.25) is 0 Å². The Morgan fingerprint density at radius 2 is 2.24 bits per heavy atom. The maximum Gasteiger partial charge on any atom is 0.129 e. The van der Waals surface area contributed by atoms with E-state index in [9.17, 15) is 4.39 Å². The molecule has 1 heterocycles. The molecule has 2 aromatic rings. The Bertz CT molecular complexity index is 484. The number of hydrogen-bond acceptors (Lipinski definition) is 2. The Morgan fingerprint density at radius 1 is 1.41 bits per heavy atom. The molecule has 0 bridgehead atoms. The normalized spacial score (nSPS) is 12.6. The van der Waals surface area contributed by atoms with Crippen molar-refractivity contribution in [1.29, 1.82) is 0 Å². The topological polar surface area (TPSA) is 12.0 Å². The zero-order valence-corrected chi connectivity index (χ0v) is 11.8. The van der Waals surface area contributed by atoms with Gasteiger partial charge in [0.1, 0.15) is 5.82 Å². The number of rotatable bonds is 4. The van der Waals surface area contributed by atoms with E-state index in [1.54, 1.807) is 11.3 Å². The molecule has 0 aliphatic rings. The van der Waals surface area contributed by atoms with Crippen LogP contribution >= 0.6 is 27.3 Å². The van der Waals surface area contributed by atoms with Crippen LogP contribution in [0, 0.1) is 5.82 Å². The first-order valence-electron chi connectivity index (χ1n) is 5.42. The molecule has 4 heteroatoms. The average molecular weight is 314 g/mol. The highest BCUT2D eigenvalue weighted by molar-refractivity contribution is 9.10. The van der Waals surface area contributed by atoms with Crippen molar-refractivity contribution >= 4 is 27.3 Å². The number of halogens is 2. The molecule has 0 saturated carbocycles. The number of nitrogens with one attached hydrogen (secondary N) is 1. The van der Waals surface area contributed by atoms with Crippen LogP contribution in [0.2, 0.25) is 0 Å². The molecule has 2 rings (SSSR count). The van der Waals surface area contributed by atoms with Crippen LogP contribution in [0.4, 0.5) is 4.39 Å². The second-order valence-electron chi connectivity index (χ2n) is 3.71. The number of hydrogen-bond donors (Lipinski definition) is 1. The summed E-state index contributed by atoms with van der Waals surface area (Å²) < 4.78 is 14.7. The predicted molar refractivity (Wildman–Crippen MR) is 73.9 cm³/mol. The molecule has 1 N–H and O–H groups in total. The van der Waals surface area contributed by atoms with Crippen LogP contribution in [0.25, 0.3) is 0 Å². The van der Waals surface area contributed by atoms with Gasteiger partial charge in [-0.25, -0.2) is 4.39 Å². The molecular formula is C13H13BrFNS. The van der Waals surface area contributed by atoms with Crippen LogP contribution in [0.5, 0.6) is 0 Å². The molecular weight excluding hydrogens is 301 g/mol. The van der Waals surface area contributed by atoms with E-state index in [1.165, 1.54) is 6.07 Å². The highest BCUT2D eigenvalue weighted by Gasteiger charge is 2.17. The van der Waals surface area contributed by atoms with Gasteiger partial charge in [0.05, 0.1) is 6.04 Å². The van der Waals surface area contributed by atoms with E-state index in [1.807, 2.05) is 30.5 Å². The van der Waals surface area contributed by atoms with E-state index in [4.69, 9.17) is 0 Å². The van der Waals surface area contributed by atoms with Gasteiger partial charge in [0.25, 0.3) is 0 Å². The monoisotopic (exact) mass is 313 g/mol. The van der Waals surface area contributed by atoms with Gasteiger partial charge in [0, 0.05) is 10.0 Å². The summed E-state index contributed by atoms with van der Waals surface area (Å²) in [6.45, 7) is 2.83. The first-order chi connectivity index (χ1) is 8.22. The fraction of sp³-hybridized carbons (Fsp3) is 0.231. The van der Waals surface area contributed by atoms with Crippen molar-refractivity contribution < 1.29 is 4.39 Å². The molecule has 0 amide bonds. The zero-order valence-electron chi connectivity index (χ0n) is 9.41. The maximum atomic E-state index is 13.9. The van der Waals surface area contributed by atoms with Gasteiger partial charge in [-0.15, -0.1) is 0 Å². The van der Waals surface area contributed by atoms with Crippen LogP contribution < -0.4 is 5.32 Å². The van der Waals surface area contributed by atoms with Gasteiger partial charge in [-0.1, -0.05) is 28.9 Å². The minimum atomic E-state index is -0.184. The minimum absolute atomic E-state index is 0.0700. The molecule has 0 radical (unpaired) electrons. The predicted octanol–water partition coefficient (Wildman–Crippen LogP) is 4.35. The summed E-state index contributed by atoms with van der Waals surface area (Å²) in [5, 5.41) is 7.37. The zero-order chi connectivity index (χ0) is 12.3. The fourth-order valence-corrected chi connectivity index (χ4v) is 2.81. The van der Waals surface area contributed by atoms with Crippen molar-refractivity contribution in [3.8, 4) is 0 Å². The summed E-state index contributed by atoms with van der Waals surface area (Å²) in [5.41, 5.74) is 1.80. The Kier molecular flexibility index (Phi) is 4.31. The van der Waals surface area contributed by atoms with Gasteiger partial charge in [-0.3, -0.25) is 0 Å². The van der Waals surface area contributed by atoms with E-state index < -0.39 is 0 Å². The van der Waals surface area contributed by atoms with Gasteiger partial charge in [-0.05, 0) is 41.1 Å². The summed E-state index contributed by atoms with van der Waals surface area (Å²) in [5.74, 6) is -0.184. The second-order valence-corrected chi connectivity index (χ2v) is 5.41. The van der Waals surface area contributed by atoms with Gasteiger partial charge >= 0.3 is 0 Å². The molecule has 1 aromatic heterocycles. The summed E-state index contributed by atoms with van der Waals surface area (Å²) in [4.78, 5) is 0. The first kappa shape index (κ1) is 12.7. The van der Waals surface area contributed by atoms with Gasteiger partial charge in [-0.2, -0.15) is 11.3 Å². The van der Waals surface area contributed by atoms with Crippen LogP contribution in [0.3, 0.4) is 0 Å². The molecule has 1 aromatic carbocycles. The Hall–Kier alpha value is -0.710. The smallest absolute Gasteiger partial charge is 0.129 e. The molecule has 0 aliphatic carbocycles. The third-order valence-corrected chi connectivity index (χ3v) is 3.75. The molecule has 0 aliphatic heterocycles. The van der Waals surface area contributed by atoms with Crippen molar-refractivity contribution in [3.63, 3.8) is 0 Å². The van der Waals surface area contributed by atoms with Crippen molar-refractivity contribution in [1.82, 2.24) is 5.32 Å². The third-order valence-electron chi connectivity index (χ3n) is 2.56. The third kappa shape index (κ3) is 2.94. The Morgan fingerprint density at radius 3 is 2.82 bits per heavy atom. The van der Waals surface area contributed by atoms with Gasteiger partial charge in [0.15, 0.2) is 0 Å². The highest BCUT2D eigenvalue weighted by atomic mass is 79.9. The van der Waals surface area contributed by atoms with Crippen LogP contribution in [0.1, 0.15) is 24.1 Å². The van der Waals surface area contributed by atoms with E-state index in [-0.39, 0.29) is 11.9 Å². The van der Waals surface area contributed by atoms with Crippen LogP contribution in [0.15, 0.2) is 39.5 Å². The number of benzene rings is 1. The summed E-state index contributed by atoms with van der Waals surface area (Å²) in [6.07, 6.45) is 0. The Labute approximate surface area is 113 Å². The lowest BCUT2D eigenvalue weighted by Crippen LogP contribution is -2.22. The van der Waals surface area contributed by atoms with Gasteiger partial charge < -0.3 is 5.32 Å². The maximum absolute atomic E-state index is 13.9. The first-order valence-corrected chi connectivity index (χ1v) is 7.16. The van der Waals surface area contributed by atoms with Crippen molar-refractivity contribution in [2.45, 2.75) is 13.0 Å². The SMILES string of the molecule is CCNC(c1ccsc1)c1ccc(Br)cc1F. The molecule has 17 heavy (non-hydrogen) atoms. The average Bonchev–Trinajstić information content (AvgIpc) is 2.80. The quantitative estimate of drug-likeness (QED) is 0.885. The minimum Gasteiger partial charge on any atom is -0.306 e. The molecule has 1 unspecified atom stereocenters. The van der Waals surface area contributed by atoms with E-state index in [0.717, 1.165) is 16.6 Å². The van der Waals surface area contributed by atoms with E-state index in [0.29, 0.717) is 5.56 Å². The highest BCUT2D eigenvalue weighted by Crippen LogP contribution is 2.27. The van der Waals surface area contributed by atoms with Crippen LogP contribution in [-0.4, -0.2) is 6.54 Å². The van der Waals surface area contributed by atoms with Crippen molar-refractivity contribution in [2.24, 2.45) is 0 Å².